The number of hydrogen-bond acceptors (Lipinski definition) is 3. The van der Waals surface area contributed by atoms with E-state index in [2.05, 4.69) is 0 Å². The van der Waals surface area contributed by atoms with Gasteiger partial charge in [-0.2, -0.15) is 0 Å². The molecule has 0 amide bonds. The maximum Gasteiger partial charge on any atom is 0.334 e. The molecule has 0 spiro atoms. The Balaban J connectivity index is 2.30. The summed E-state index contributed by atoms with van der Waals surface area (Å²) in [5.41, 5.74) is 1.00. The van der Waals surface area contributed by atoms with Crippen LogP contribution in [0.3, 0.4) is 0 Å². The molecule has 1 atom stereocenters. The Bertz CT molecular complexity index is 239. The van der Waals surface area contributed by atoms with Gasteiger partial charge in [0.05, 0.1) is 0 Å². The third-order valence-corrected chi connectivity index (χ3v) is 1.79. The molecule has 0 fully saturated rings. The SMILES string of the molecule is C[C@H](O)C(=O)OCC1=CCCC=C1. The Morgan fingerprint density at radius 1 is 1.69 bits per heavy atom. The van der Waals surface area contributed by atoms with Crippen LogP contribution in [0.25, 0.3) is 0 Å². The average Bonchev–Trinajstić information content (AvgIpc) is 2.15. The van der Waals surface area contributed by atoms with Gasteiger partial charge in [0.1, 0.15) is 12.7 Å². The first kappa shape index (κ1) is 9.99. The fourth-order valence-electron chi connectivity index (χ4n) is 1.05. The van der Waals surface area contributed by atoms with Crippen LogP contribution in [0.15, 0.2) is 23.8 Å². The van der Waals surface area contributed by atoms with E-state index in [1.54, 1.807) is 0 Å². The highest BCUT2D eigenvalue weighted by Crippen LogP contribution is 2.09. The molecule has 0 heterocycles. The van der Waals surface area contributed by atoms with Crippen molar-refractivity contribution in [2.75, 3.05) is 6.61 Å². The molecule has 0 aromatic rings. The van der Waals surface area contributed by atoms with E-state index in [1.807, 2.05) is 18.2 Å². The maximum absolute atomic E-state index is 10.9. The predicted molar refractivity (Wildman–Crippen MR) is 49.1 cm³/mol. The van der Waals surface area contributed by atoms with E-state index >= 15 is 0 Å². The van der Waals surface area contributed by atoms with E-state index < -0.39 is 12.1 Å². The number of carbonyl (C=O) groups excluding carboxylic acids is 1. The normalized spacial score (nSPS) is 17.8. The highest BCUT2D eigenvalue weighted by atomic mass is 16.5. The Morgan fingerprint density at radius 3 is 3.00 bits per heavy atom. The molecule has 72 valence electrons. The van der Waals surface area contributed by atoms with Gasteiger partial charge in [-0.1, -0.05) is 18.2 Å². The Hall–Kier alpha value is -1.09. The molecule has 1 aliphatic rings. The van der Waals surface area contributed by atoms with E-state index in [0.29, 0.717) is 0 Å². The molecule has 0 aromatic heterocycles. The molecular weight excluding hydrogens is 168 g/mol. The molecular formula is C10H14O3. The van der Waals surface area contributed by atoms with Crippen LogP contribution in [-0.4, -0.2) is 23.8 Å². The first-order valence-corrected chi connectivity index (χ1v) is 4.40. The second-order valence-corrected chi connectivity index (χ2v) is 3.04. The van der Waals surface area contributed by atoms with Crippen LogP contribution in [-0.2, 0) is 9.53 Å². The molecule has 3 heteroatoms. The fraction of sp³-hybridized carbons (Fsp3) is 0.500. The Morgan fingerprint density at radius 2 is 2.46 bits per heavy atom. The summed E-state index contributed by atoms with van der Waals surface area (Å²) in [6.07, 6.45) is 7.04. The van der Waals surface area contributed by atoms with Gasteiger partial charge >= 0.3 is 5.97 Å². The zero-order valence-corrected chi connectivity index (χ0v) is 7.69. The van der Waals surface area contributed by atoms with Gasteiger partial charge in [-0.05, 0) is 25.3 Å². The zero-order valence-electron chi connectivity index (χ0n) is 7.69. The minimum Gasteiger partial charge on any atom is -0.459 e. The molecule has 0 saturated heterocycles. The number of ether oxygens (including phenoxy) is 1. The summed E-state index contributed by atoms with van der Waals surface area (Å²) in [5.74, 6) is -0.570. The number of allylic oxidation sites excluding steroid dienone is 2. The number of carbonyl (C=O) groups is 1. The highest BCUT2D eigenvalue weighted by Gasteiger charge is 2.10. The smallest absolute Gasteiger partial charge is 0.334 e. The summed E-state index contributed by atoms with van der Waals surface area (Å²) in [6.45, 7) is 1.66. The summed E-state index contributed by atoms with van der Waals surface area (Å²) in [4.78, 5) is 10.9. The fourth-order valence-corrected chi connectivity index (χ4v) is 1.05. The molecule has 0 radical (unpaired) electrons. The monoisotopic (exact) mass is 182 g/mol. The van der Waals surface area contributed by atoms with E-state index in [9.17, 15) is 4.79 Å². The van der Waals surface area contributed by atoms with Crippen molar-refractivity contribution >= 4 is 5.97 Å². The van der Waals surface area contributed by atoms with Gasteiger partial charge < -0.3 is 9.84 Å². The highest BCUT2D eigenvalue weighted by molar-refractivity contribution is 5.74. The van der Waals surface area contributed by atoms with E-state index in [4.69, 9.17) is 9.84 Å². The summed E-state index contributed by atoms with van der Waals surface area (Å²) in [5, 5.41) is 8.84. The largest absolute Gasteiger partial charge is 0.459 e. The second kappa shape index (κ2) is 4.82. The quantitative estimate of drug-likeness (QED) is 0.667. The van der Waals surface area contributed by atoms with Crippen molar-refractivity contribution in [2.45, 2.75) is 25.9 Å². The van der Waals surface area contributed by atoms with Gasteiger partial charge in [0.2, 0.25) is 0 Å². The average molecular weight is 182 g/mol. The maximum atomic E-state index is 10.9. The standard InChI is InChI=1S/C10H14O3/c1-8(11)10(12)13-7-9-5-3-2-4-6-9/h3,5-6,8,11H,2,4,7H2,1H3/t8-/m0/s1. The Labute approximate surface area is 77.7 Å². The number of aliphatic hydroxyl groups excluding tert-OH is 1. The summed E-state index contributed by atoms with van der Waals surface area (Å²) < 4.78 is 4.83. The van der Waals surface area contributed by atoms with Gasteiger partial charge in [0.25, 0.3) is 0 Å². The Kier molecular flexibility index (Phi) is 3.71. The minimum atomic E-state index is -1.03. The lowest BCUT2D eigenvalue weighted by molar-refractivity contribution is -0.151. The van der Waals surface area contributed by atoms with Crippen LogP contribution in [0.1, 0.15) is 19.8 Å². The van der Waals surface area contributed by atoms with Crippen molar-refractivity contribution in [1.29, 1.82) is 0 Å². The lowest BCUT2D eigenvalue weighted by Crippen LogP contribution is -2.20. The van der Waals surface area contributed by atoms with Gasteiger partial charge in [-0.3, -0.25) is 0 Å². The van der Waals surface area contributed by atoms with Crippen molar-refractivity contribution in [3.05, 3.63) is 23.8 Å². The summed E-state index contributed by atoms with van der Waals surface area (Å²) in [6, 6.07) is 0. The number of aliphatic hydroxyl groups is 1. The third-order valence-electron chi connectivity index (χ3n) is 1.79. The van der Waals surface area contributed by atoms with Crippen molar-refractivity contribution < 1.29 is 14.6 Å². The lowest BCUT2D eigenvalue weighted by atomic mass is 10.1. The van der Waals surface area contributed by atoms with E-state index in [1.165, 1.54) is 6.92 Å². The molecule has 0 saturated carbocycles. The van der Waals surface area contributed by atoms with Crippen LogP contribution in [0.2, 0.25) is 0 Å². The molecule has 0 aromatic carbocycles. The van der Waals surface area contributed by atoms with Crippen LogP contribution < -0.4 is 0 Å². The molecule has 0 aliphatic heterocycles. The topological polar surface area (TPSA) is 46.5 Å². The van der Waals surface area contributed by atoms with E-state index in [0.717, 1.165) is 18.4 Å². The van der Waals surface area contributed by atoms with Gasteiger partial charge in [0.15, 0.2) is 0 Å². The first-order valence-electron chi connectivity index (χ1n) is 4.40. The third kappa shape index (κ3) is 3.42. The summed E-state index contributed by atoms with van der Waals surface area (Å²) in [7, 11) is 0. The van der Waals surface area contributed by atoms with Crippen molar-refractivity contribution in [3.8, 4) is 0 Å². The van der Waals surface area contributed by atoms with E-state index in [-0.39, 0.29) is 6.61 Å². The van der Waals surface area contributed by atoms with Crippen LogP contribution in [0, 0.1) is 0 Å². The zero-order chi connectivity index (χ0) is 9.68. The molecule has 1 rings (SSSR count). The van der Waals surface area contributed by atoms with Crippen LogP contribution in [0.5, 0.6) is 0 Å². The number of hydrogen-bond donors (Lipinski definition) is 1. The predicted octanol–water partition coefficient (Wildman–Crippen LogP) is 1.19. The number of esters is 1. The van der Waals surface area contributed by atoms with Crippen molar-refractivity contribution in [1.82, 2.24) is 0 Å². The van der Waals surface area contributed by atoms with Gasteiger partial charge in [0, 0.05) is 0 Å². The molecule has 13 heavy (non-hydrogen) atoms. The van der Waals surface area contributed by atoms with Crippen molar-refractivity contribution in [3.63, 3.8) is 0 Å². The van der Waals surface area contributed by atoms with Crippen LogP contribution >= 0.6 is 0 Å². The van der Waals surface area contributed by atoms with Gasteiger partial charge in [-0.15, -0.1) is 0 Å². The second-order valence-electron chi connectivity index (χ2n) is 3.04. The lowest BCUT2D eigenvalue weighted by Gasteiger charge is -2.09. The summed E-state index contributed by atoms with van der Waals surface area (Å²) >= 11 is 0. The van der Waals surface area contributed by atoms with Crippen LogP contribution in [0.4, 0.5) is 0 Å². The van der Waals surface area contributed by atoms with Gasteiger partial charge in [-0.25, -0.2) is 4.79 Å². The molecule has 1 aliphatic carbocycles. The molecule has 0 bridgehead atoms. The minimum absolute atomic E-state index is 0.264. The molecule has 3 nitrogen and oxygen atoms in total. The molecule has 0 unspecified atom stereocenters. The van der Waals surface area contributed by atoms with Crippen molar-refractivity contribution in [2.24, 2.45) is 0 Å². The molecule has 1 N–H and O–H groups in total. The number of rotatable bonds is 3. The first-order chi connectivity index (χ1) is 6.20.